The molecule has 3 atom stereocenters. The third-order valence-electron chi connectivity index (χ3n) is 1.90. The highest BCUT2D eigenvalue weighted by molar-refractivity contribution is 7.53. The molecule has 1 aliphatic heterocycles. The molecular formula is C8H13O3P. The van der Waals surface area contributed by atoms with Gasteiger partial charge in [0.05, 0.1) is 6.16 Å². The Morgan fingerprint density at radius 3 is 2.92 bits per heavy atom. The van der Waals surface area contributed by atoms with Gasteiger partial charge in [-0.3, -0.25) is 9.09 Å². The van der Waals surface area contributed by atoms with Gasteiger partial charge in [0, 0.05) is 7.11 Å². The van der Waals surface area contributed by atoms with Crippen molar-refractivity contribution in [2.24, 2.45) is 5.92 Å². The van der Waals surface area contributed by atoms with Crippen LogP contribution in [0.3, 0.4) is 0 Å². The standard InChI is InChI=1S/C8H13O3P/c1-4-8-5-7(2)6-12(9,10-3)11-8/h1,7-8H,5-6H2,2-3H3. The summed E-state index contributed by atoms with van der Waals surface area (Å²) in [5, 5.41) is 0. The predicted molar refractivity (Wildman–Crippen MR) is 47.0 cm³/mol. The molecule has 1 heterocycles. The summed E-state index contributed by atoms with van der Waals surface area (Å²) in [6.45, 7) is 2.00. The van der Waals surface area contributed by atoms with Gasteiger partial charge in [-0.25, -0.2) is 0 Å². The lowest BCUT2D eigenvalue weighted by Crippen LogP contribution is -2.23. The Morgan fingerprint density at radius 1 is 1.75 bits per heavy atom. The van der Waals surface area contributed by atoms with Crippen LogP contribution < -0.4 is 0 Å². The van der Waals surface area contributed by atoms with Crippen LogP contribution in [0.4, 0.5) is 0 Å². The van der Waals surface area contributed by atoms with Gasteiger partial charge in [-0.2, -0.15) is 0 Å². The van der Waals surface area contributed by atoms with Crippen molar-refractivity contribution in [3.05, 3.63) is 0 Å². The normalized spacial score (nSPS) is 42.1. The van der Waals surface area contributed by atoms with E-state index in [1.165, 1.54) is 7.11 Å². The van der Waals surface area contributed by atoms with E-state index in [1.54, 1.807) is 0 Å². The molecule has 0 aromatic rings. The maximum absolute atomic E-state index is 11.6. The van der Waals surface area contributed by atoms with Crippen molar-refractivity contribution < 1.29 is 13.6 Å². The lowest BCUT2D eigenvalue weighted by Gasteiger charge is -2.29. The molecule has 3 unspecified atom stereocenters. The Hall–Kier alpha value is -0.290. The Balaban J connectivity index is 2.71. The molecule has 4 heteroatoms. The van der Waals surface area contributed by atoms with Crippen LogP contribution in [-0.2, 0) is 13.6 Å². The molecule has 0 radical (unpaired) electrons. The minimum atomic E-state index is -2.87. The zero-order chi connectivity index (χ0) is 9.19. The van der Waals surface area contributed by atoms with Gasteiger partial charge in [-0.1, -0.05) is 12.8 Å². The smallest absolute Gasteiger partial charge is 0.312 e. The molecule has 1 rings (SSSR count). The second-order valence-electron chi connectivity index (χ2n) is 3.08. The fraction of sp³-hybridized carbons (Fsp3) is 0.750. The Morgan fingerprint density at radius 2 is 2.42 bits per heavy atom. The van der Waals surface area contributed by atoms with Crippen LogP contribution in [0.25, 0.3) is 0 Å². The zero-order valence-electron chi connectivity index (χ0n) is 7.32. The summed E-state index contributed by atoms with van der Waals surface area (Å²) < 4.78 is 21.6. The molecule has 12 heavy (non-hydrogen) atoms. The topological polar surface area (TPSA) is 35.5 Å². The summed E-state index contributed by atoms with van der Waals surface area (Å²) in [5.41, 5.74) is 0. The molecule has 0 saturated carbocycles. The SMILES string of the molecule is C#CC1CC(C)CP(=O)(OC)O1. The number of hydrogen-bond donors (Lipinski definition) is 0. The van der Waals surface area contributed by atoms with Gasteiger partial charge in [0.15, 0.2) is 0 Å². The fourth-order valence-electron chi connectivity index (χ4n) is 1.32. The number of hydrogen-bond acceptors (Lipinski definition) is 3. The van der Waals surface area contributed by atoms with Crippen LogP contribution in [0.2, 0.25) is 0 Å². The molecule has 68 valence electrons. The van der Waals surface area contributed by atoms with Gasteiger partial charge in [-0.15, -0.1) is 6.42 Å². The molecule has 0 N–H and O–H groups in total. The van der Waals surface area contributed by atoms with Crippen molar-refractivity contribution in [2.45, 2.75) is 19.4 Å². The van der Waals surface area contributed by atoms with E-state index in [9.17, 15) is 4.57 Å². The van der Waals surface area contributed by atoms with E-state index in [0.29, 0.717) is 12.1 Å². The van der Waals surface area contributed by atoms with Gasteiger partial charge in [-0.05, 0) is 12.3 Å². The van der Waals surface area contributed by atoms with Crippen LogP contribution >= 0.6 is 7.60 Å². The molecule has 3 nitrogen and oxygen atoms in total. The van der Waals surface area contributed by atoms with Crippen LogP contribution in [0.1, 0.15) is 13.3 Å². The fourth-order valence-corrected chi connectivity index (χ4v) is 3.09. The van der Waals surface area contributed by atoms with E-state index in [4.69, 9.17) is 15.5 Å². The minimum Gasteiger partial charge on any atom is -0.312 e. The molecular weight excluding hydrogens is 175 g/mol. The maximum Gasteiger partial charge on any atom is 0.331 e. The van der Waals surface area contributed by atoms with Crippen molar-refractivity contribution >= 4 is 7.60 Å². The van der Waals surface area contributed by atoms with Gasteiger partial charge < -0.3 is 4.52 Å². The lowest BCUT2D eigenvalue weighted by atomic mass is 10.1. The largest absolute Gasteiger partial charge is 0.331 e. The monoisotopic (exact) mass is 188 g/mol. The average molecular weight is 188 g/mol. The molecule has 0 spiro atoms. The lowest BCUT2D eigenvalue weighted by molar-refractivity contribution is 0.155. The molecule has 1 fully saturated rings. The summed E-state index contributed by atoms with van der Waals surface area (Å²) in [6.07, 6.45) is 6.08. The van der Waals surface area contributed by atoms with Crippen LogP contribution in [-0.4, -0.2) is 19.4 Å². The van der Waals surface area contributed by atoms with Crippen LogP contribution in [0.15, 0.2) is 0 Å². The van der Waals surface area contributed by atoms with Gasteiger partial charge >= 0.3 is 7.60 Å². The zero-order valence-corrected chi connectivity index (χ0v) is 8.21. The minimum absolute atomic E-state index is 0.311. The third-order valence-corrected chi connectivity index (χ3v) is 4.11. The first-order chi connectivity index (χ1) is 5.59. The van der Waals surface area contributed by atoms with Crippen LogP contribution in [0, 0.1) is 18.3 Å². The second-order valence-corrected chi connectivity index (χ2v) is 5.24. The van der Waals surface area contributed by atoms with E-state index in [1.807, 2.05) is 6.92 Å². The Labute approximate surface area is 73.0 Å². The van der Waals surface area contributed by atoms with E-state index >= 15 is 0 Å². The summed E-state index contributed by atoms with van der Waals surface area (Å²) >= 11 is 0. The van der Waals surface area contributed by atoms with Gasteiger partial charge in [0.1, 0.15) is 6.10 Å². The first-order valence-electron chi connectivity index (χ1n) is 3.89. The summed E-state index contributed by atoms with van der Waals surface area (Å²) in [4.78, 5) is 0. The van der Waals surface area contributed by atoms with Crippen molar-refractivity contribution in [2.75, 3.05) is 13.3 Å². The van der Waals surface area contributed by atoms with Gasteiger partial charge in [0.2, 0.25) is 0 Å². The van der Waals surface area contributed by atoms with Crippen molar-refractivity contribution in [1.29, 1.82) is 0 Å². The molecule has 0 bridgehead atoms. The molecule has 0 amide bonds. The summed E-state index contributed by atoms with van der Waals surface area (Å²) in [6, 6.07) is 0. The first kappa shape index (κ1) is 9.80. The highest BCUT2D eigenvalue weighted by atomic mass is 31.2. The summed E-state index contributed by atoms with van der Waals surface area (Å²) in [7, 11) is -1.47. The highest BCUT2D eigenvalue weighted by Gasteiger charge is 2.35. The van der Waals surface area contributed by atoms with Crippen LogP contribution in [0.5, 0.6) is 0 Å². The third kappa shape index (κ3) is 2.10. The van der Waals surface area contributed by atoms with Crippen molar-refractivity contribution in [3.8, 4) is 12.3 Å². The molecule has 0 aromatic carbocycles. The first-order valence-corrected chi connectivity index (χ1v) is 5.62. The van der Waals surface area contributed by atoms with E-state index in [0.717, 1.165) is 6.42 Å². The molecule has 1 saturated heterocycles. The summed E-state index contributed by atoms with van der Waals surface area (Å²) in [5.74, 6) is 2.76. The van der Waals surface area contributed by atoms with E-state index in [-0.39, 0.29) is 6.10 Å². The van der Waals surface area contributed by atoms with Crippen molar-refractivity contribution in [3.63, 3.8) is 0 Å². The number of rotatable bonds is 1. The van der Waals surface area contributed by atoms with Gasteiger partial charge in [0.25, 0.3) is 0 Å². The second kappa shape index (κ2) is 3.62. The van der Waals surface area contributed by atoms with E-state index < -0.39 is 7.60 Å². The molecule has 1 aliphatic rings. The quantitative estimate of drug-likeness (QED) is 0.465. The predicted octanol–water partition coefficient (Wildman–Crippen LogP) is 1.88. The molecule has 0 aliphatic carbocycles. The highest BCUT2D eigenvalue weighted by Crippen LogP contribution is 2.54. The maximum atomic E-state index is 11.6. The Bertz CT molecular complexity index is 243. The van der Waals surface area contributed by atoms with E-state index in [2.05, 4.69) is 5.92 Å². The van der Waals surface area contributed by atoms with Crippen molar-refractivity contribution in [1.82, 2.24) is 0 Å². The Kier molecular flexibility index (Phi) is 2.95. The molecule has 0 aromatic heterocycles. The average Bonchev–Trinajstić information content (AvgIpc) is 2.03. The number of terminal acetylenes is 1.